The summed E-state index contributed by atoms with van der Waals surface area (Å²) in [5.41, 5.74) is 0.956. The molecule has 34 heavy (non-hydrogen) atoms. The average molecular weight is 469 g/mol. The number of amides is 1. The van der Waals surface area contributed by atoms with E-state index in [2.05, 4.69) is 13.8 Å². The minimum Gasteiger partial charge on any atom is -0.507 e. The van der Waals surface area contributed by atoms with Crippen molar-refractivity contribution in [3.05, 3.63) is 71.0 Å². The molecular formula is C27H33FN2O4. The Labute approximate surface area is 200 Å². The number of benzene rings is 2. The third-order valence-electron chi connectivity index (χ3n) is 5.80. The van der Waals surface area contributed by atoms with Crippen molar-refractivity contribution in [2.45, 2.75) is 32.7 Å². The first-order chi connectivity index (χ1) is 16.2. The summed E-state index contributed by atoms with van der Waals surface area (Å²) in [6, 6.07) is 11.7. The van der Waals surface area contributed by atoms with Crippen LogP contribution in [0.15, 0.2) is 54.1 Å². The van der Waals surface area contributed by atoms with Crippen molar-refractivity contribution in [3.8, 4) is 5.75 Å². The largest absolute Gasteiger partial charge is 0.507 e. The number of rotatable bonds is 10. The van der Waals surface area contributed by atoms with E-state index in [9.17, 15) is 19.1 Å². The van der Waals surface area contributed by atoms with Crippen LogP contribution in [0, 0.1) is 11.7 Å². The second-order valence-electron chi connectivity index (χ2n) is 9.26. The van der Waals surface area contributed by atoms with Gasteiger partial charge in [0.2, 0.25) is 0 Å². The molecule has 1 fully saturated rings. The molecule has 1 unspecified atom stereocenters. The first-order valence-electron chi connectivity index (χ1n) is 11.6. The zero-order valence-corrected chi connectivity index (χ0v) is 20.3. The molecule has 0 aromatic heterocycles. The van der Waals surface area contributed by atoms with Crippen LogP contribution in [0.4, 0.5) is 4.39 Å². The zero-order valence-electron chi connectivity index (χ0n) is 20.3. The van der Waals surface area contributed by atoms with Crippen LogP contribution in [0.25, 0.3) is 5.76 Å². The third kappa shape index (κ3) is 6.03. The molecule has 3 rings (SSSR count). The van der Waals surface area contributed by atoms with Crippen LogP contribution >= 0.6 is 0 Å². The highest BCUT2D eigenvalue weighted by Crippen LogP contribution is 2.40. The van der Waals surface area contributed by atoms with Gasteiger partial charge in [-0.2, -0.15) is 0 Å². The standard InChI is InChI=1S/C27H33FN2O4/c1-18(2)13-16-34-22-8-5-7-20(17-22)24-23(25(31)19-9-11-21(28)12-10-19)26(32)27(33)30(24)15-6-14-29(3)4/h5,7-12,17-18,24,31H,6,13-16H2,1-4H3/b25-23+. The Morgan fingerprint density at radius 3 is 2.50 bits per heavy atom. The zero-order chi connectivity index (χ0) is 24.8. The molecular weight excluding hydrogens is 435 g/mol. The molecule has 2 aromatic rings. The molecule has 1 N–H and O–H groups in total. The lowest BCUT2D eigenvalue weighted by Crippen LogP contribution is -2.32. The number of ketones is 1. The van der Waals surface area contributed by atoms with E-state index < -0.39 is 23.5 Å². The van der Waals surface area contributed by atoms with Crippen LogP contribution in [0.2, 0.25) is 0 Å². The van der Waals surface area contributed by atoms with Gasteiger partial charge in [0.1, 0.15) is 17.3 Å². The molecule has 7 heteroatoms. The van der Waals surface area contributed by atoms with Gasteiger partial charge in [0.05, 0.1) is 18.2 Å². The maximum atomic E-state index is 13.4. The quantitative estimate of drug-likeness (QED) is 0.313. The maximum absolute atomic E-state index is 13.4. The van der Waals surface area contributed by atoms with Crippen molar-refractivity contribution in [1.82, 2.24) is 9.80 Å². The summed E-state index contributed by atoms with van der Waals surface area (Å²) in [5, 5.41) is 11.1. The predicted octanol–water partition coefficient (Wildman–Crippen LogP) is 4.62. The van der Waals surface area contributed by atoms with E-state index in [4.69, 9.17) is 4.74 Å². The molecule has 1 aliphatic rings. The number of aliphatic hydroxyl groups excluding tert-OH is 1. The fourth-order valence-corrected chi connectivity index (χ4v) is 3.96. The molecule has 1 amide bonds. The second kappa shape index (κ2) is 11.3. The summed E-state index contributed by atoms with van der Waals surface area (Å²) in [5.74, 6) is -1.03. The average Bonchev–Trinajstić information content (AvgIpc) is 3.04. The Balaban J connectivity index is 2.02. The molecule has 0 aliphatic carbocycles. The first kappa shape index (κ1) is 25.4. The summed E-state index contributed by atoms with van der Waals surface area (Å²) in [6.07, 6.45) is 1.56. The molecule has 1 aliphatic heterocycles. The van der Waals surface area contributed by atoms with Crippen LogP contribution in [0.5, 0.6) is 5.75 Å². The lowest BCUT2D eigenvalue weighted by molar-refractivity contribution is -0.139. The van der Waals surface area contributed by atoms with E-state index in [1.165, 1.54) is 29.2 Å². The molecule has 1 heterocycles. The number of hydrogen-bond acceptors (Lipinski definition) is 5. The molecule has 0 saturated carbocycles. The third-order valence-corrected chi connectivity index (χ3v) is 5.80. The van der Waals surface area contributed by atoms with Gasteiger partial charge in [-0.25, -0.2) is 4.39 Å². The van der Waals surface area contributed by atoms with E-state index >= 15 is 0 Å². The van der Waals surface area contributed by atoms with Crippen molar-refractivity contribution in [2.24, 2.45) is 5.92 Å². The van der Waals surface area contributed by atoms with Gasteiger partial charge in [-0.1, -0.05) is 26.0 Å². The minimum atomic E-state index is -0.763. The van der Waals surface area contributed by atoms with Crippen LogP contribution in [-0.4, -0.2) is 60.4 Å². The van der Waals surface area contributed by atoms with E-state index in [1.54, 1.807) is 0 Å². The number of likely N-dealkylation sites (tertiary alicyclic amines) is 1. The summed E-state index contributed by atoms with van der Waals surface area (Å²) in [6.45, 7) is 5.89. The predicted molar refractivity (Wildman–Crippen MR) is 130 cm³/mol. The van der Waals surface area contributed by atoms with Gasteiger partial charge < -0.3 is 19.6 Å². The van der Waals surface area contributed by atoms with Gasteiger partial charge in [-0.15, -0.1) is 0 Å². The van der Waals surface area contributed by atoms with Crippen LogP contribution < -0.4 is 4.74 Å². The summed E-state index contributed by atoms with van der Waals surface area (Å²) >= 11 is 0. The molecule has 0 bridgehead atoms. The van der Waals surface area contributed by atoms with Crippen molar-refractivity contribution < 1.29 is 23.8 Å². The number of halogens is 1. The second-order valence-corrected chi connectivity index (χ2v) is 9.26. The van der Waals surface area contributed by atoms with Crippen LogP contribution in [-0.2, 0) is 9.59 Å². The smallest absolute Gasteiger partial charge is 0.295 e. The van der Waals surface area contributed by atoms with Crippen molar-refractivity contribution >= 4 is 17.4 Å². The van der Waals surface area contributed by atoms with Crippen LogP contribution in [0.3, 0.4) is 0 Å². The first-order valence-corrected chi connectivity index (χ1v) is 11.6. The summed E-state index contributed by atoms with van der Waals surface area (Å²) in [4.78, 5) is 29.6. The van der Waals surface area contributed by atoms with Crippen molar-refractivity contribution in [1.29, 1.82) is 0 Å². The fraction of sp³-hybridized carbons (Fsp3) is 0.407. The topological polar surface area (TPSA) is 70.1 Å². The number of aliphatic hydroxyl groups is 1. The minimum absolute atomic E-state index is 0.000733. The molecule has 2 aromatic carbocycles. The molecule has 0 spiro atoms. The van der Waals surface area contributed by atoms with Crippen molar-refractivity contribution in [3.63, 3.8) is 0 Å². The number of hydrogen-bond donors (Lipinski definition) is 1. The Morgan fingerprint density at radius 1 is 1.15 bits per heavy atom. The maximum Gasteiger partial charge on any atom is 0.295 e. The van der Waals surface area contributed by atoms with Gasteiger partial charge in [-0.3, -0.25) is 9.59 Å². The number of carbonyl (C=O) groups excluding carboxylic acids is 2. The Morgan fingerprint density at radius 2 is 1.85 bits per heavy atom. The van der Waals surface area contributed by atoms with Gasteiger partial charge in [0.25, 0.3) is 11.7 Å². The van der Waals surface area contributed by atoms with Gasteiger partial charge in [-0.05, 0) is 81.4 Å². The molecule has 182 valence electrons. The highest BCUT2D eigenvalue weighted by molar-refractivity contribution is 6.46. The van der Waals surface area contributed by atoms with Gasteiger partial charge in [0, 0.05) is 12.1 Å². The van der Waals surface area contributed by atoms with E-state index in [1.807, 2.05) is 43.3 Å². The molecule has 1 saturated heterocycles. The molecule has 6 nitrogen and oxygen atoms in total. The van der Waals surface area contributed by atoms with Gasteiger partial charge in [0.15, 0.2) is 0 Å². The molecule has 1 atom stereocenters. The van der Waals surface area contributed by atoms with Crippen LogP contribution in [0.1, 0.15) is 43.9 Å². The Bertz CT molecular complexity index is 1050. The summed E-state index contributed by atoms with van der Waals surface area (Å²) < 4.78 is 19.3. The lowest BCUT2D eigenvalue weighted by Gasteiger charge is -2.26. The summed E-state index contributed by atoms with van der Waals surface area (Å²) in [7, 11) is 3.89. The van der Waals surface area contributed by atoms with E-state index in [0.29, 0.717) is 36.8 Å². The number of nitrogens with zero attached hydrogens (tertiary/aromatic N) is 2. The van der Waals surface area contributed by atoms with Gasteiger partial charge >= 0.3 is 0 Å². The lowest BCUT2D eigenvalue weighted by atomic mass is 9.95. The van der Waals surface area contributed by atoms with Crippen molar-refractivity contribution in [2.75, 3.05) is 33.8 Å². The number of ether oxygens (including phenoxy) is 1. The fourth-order valence-electron chi connectivity index (χ4n) is 3.96. The highest BCUT2D eigenvalue weighted by atomic mass is 19.1. The highest BCUT2D eigenvalue weighted by Gasteiger charge is 2.45. The normalized spacial score (nSPS) is 17.7. The SMILES string of the molecule is CC(C)CCOc1cccc(C2/C(=C(\O)c3ccc(F)cc3)C(=O)C(=O)N2CCCN(C)C)c1. The Kier molecular flexibility index (Phi) is 8.45. The monoisotopic (exact) mass is 468 g/mol. The number of Topliss-reactive ketones (excluding diaryl/α,β-unsaturated/α-hetero) is 1. The Hall–Kier alpha value is -3.19. The number of carbonyl (C=O) groups is 2. The van der Waals surface area contributed by atoms with E-state index in [-0.39, 0.29) is 16.9 Å². The molecule has 0 radical (unpaired) electrons. The van der Waals surface area contributed by atoms with E-state index in [0.717, 1.165) is 13.0 Å².